The van der Waals surface area contributed by atoms with Crippen molar-refractivity contribution in [2.45, 2.75) is 13.0 Å². The minimum absolute atomic E-state index is 0.0366. The maximum Gasteiger partial charge on any atom is 0.150 e. The number of terminal acetylenes is 1. The van der Waals surface area contributed by atoms with Crippen LogP contribution in [0.3, 0.4) is 0 Å². The van der Waals surface area contributed by atoms with Crippen LogP contribution in [-0.2, 0) is 0 Å². The van der Waals surface area contributed by atoms with Crippen LogP contribution in [0.1, 0.15) is 6.92 Å². The van der Waals surface area contributed by atoms with Crippen molar-refractivity contribution >= 4 is 5.69 Å². The Balaban J connectivity index is 2.20. The van der Waals surface area contributed by atoms with Crippen molar-refractivity contribution < 1.29 is 4.74 Å². The summed E-state index contributed by atoms with van der Waals surface area (Å²) in [5, 5.41) is 3.22. The van der Waals surface area contributed by atoms with E-state index in [1.54, 1.807) is 0 Å². The van der Waals surface area contributed by atoms with E-state index in [0.717, 1.165) is 17.2 Å². The second-order valence-corrected chi connectivity index (χ2v) is 3.94. The molecule has 0 radical (unpaired) electrons. The second-order valence-electron chi connectivity index (χ2n) is 3.94. The van der Waals surface area contributed by atoms with Crippen molar-refractivity contribution in [2.24, 2.45) is 0 Å². The zero-order chi connectivity index (χ0) is 12.8. The molecule has 1 unspecified atom stereocenters. The Labute approximate surface area is 108 Å². The van der Waals surface area contributed by atoms with Gasteiger partial charge >= 0.3 is 0 Å². The standard InChI is InChI=1S/C16H15NO/c1-3-13(2)17-15-11-7-8-12-16(15)18-14-9-5-4-6-10-14/h1,4-13,17H,2H3. The lowest BCUT2D eigenvalue weighted by atomic mass is 10.2. The second kappa shape index (κ2) is 5.79. The van der Waals surface area contributed by atoms with Crippen LogP contribution >= 0.6 is 0 Å². The maximum atomic E-state index is 5.82. The molecule has 2 aromatic rings. The number of nitrogens with one attached hydrogen (secondary N) is 1. The molecule has 0 amide bonds. The molecule has 2 aromatic carbocycles. The summed E-state index contributed by atoms with van der Waals surface area (Å²) in [5.74, 6) is 4.21. The number of ether oxygens (including phenoxy) is 1. The Morgan fingerprint density at radius 1 is 1.06 bits per heavy atom. The van der Waals surface area contributed by atoms with E-state index in [4.69, 9.17) is 11.2 Å². The van der Waals surface area contributed by atoms with Crippen LogP contribution in [0.25, 0.3) is 0 Å². The Bertz CT molecular complexity index is 543. The van der Waals surface area contributed by atoms with Gasteiger partial charge in [-0.05, 0) is 31.2 Å². The predicted molar refractivity (Wildman–Crippen MR) is 74.9 cm³/mol. The maximum absolute atomic E-state index is 5.82. The quantitative estimate of drug-likeness (QED) is 0.814. The van der Waals surface area contributed by atoms with Crippen LogP contribution < -0.4 is 10.1 Å². The fraction of sp³-hybridized carbons (Fsp3) is 0.125. The summed E-state index contributed by atoms with van der Waals surface area (Å²) >= 11 is 0. The number of anilines is 1. The van der Waals surface area contributed by atoms with Crippen molar-refractivity contribution in [2.75, 3.05) is 5.32 Å². The van der Waals surface area contributed by atoms with Gasteiger partial charge in [-0.25, -0.2) is 0 Å². The molecule has 1 atom stereocenters. The first-order chi connectivity index (χ1) is 8.79. The molecule has 0 aromatic heterocycles. The lowest BCUT2D eigenvalue weighted by Gasteiger charge is -2.14. The molecular weight excluding hydrogens is 222 g/mol. The highest BCUT2D eigenvalue weighted by Crippen LogP contribution is 2.29. The molecule has 0 spiro atoms. The monoisotopic (exact) mass is 237 g/mol. The molecule has 0 saturated heterocycles. The van der Waals surface area contributed by atoms with E-state index in [9.17, 15) is 0 Å². The lowest BCUT2D eigenvalue weighted by Crippen LogP contribution is -2.12. The molecule has 0 heterocycles. The summed E-state index contributed by atoms with van der Waals surface area (Å²) < 4.78 is 5.82. The zero-order valence-electron chi connectivity index (χ0n) is 10.3. The molecule has 2 nitrogen and oxygen atoms in total. The number of hydrogen-bond acceptors (Lipinski definition) is 2. The number of rotatable bonds is 4. The third-order valence-electron chi connectivity index (χ3n) is 2.48. The van der Waals surface area contributed by atoms with E-state index in [1.165, 1.54) is 0 Å². The van der Waals surface area contributed by atoms with Crippen molar-refractivity contribution in [3.8, 4) is 23.8 Å². The van der Waals surface area contributed by atoms with Crippen LogP contribution in [0, 0.1) is 12.3 Å². The minimum Gasteiger partial charge on any atom is -0.455 e. The van der Waals surface area contributed by atoms with Gasteiger partial charge in [0.1, 0.15) is 5.75 Å². The zero-order valence-corrected chi connectivity index (χ0v) is 10.3. The Kier molecular flexibility index (Phi) is 3.88. The first-order valence-corrected chi connectivity index (χ1v) is 5.84. The van der Waals surface area contributed by atoms with Crippen LogP contribution in [0.2, 0.25) is 0 Å². The molecule has 90 valence electrons. The molecule has 2 rings (SSSR count). The first-order valence-electron chi connectivity index (χ1n) is 5.84. The molecule has 0 saturated carbocycles. The molecule has 0 aliphatic carbocycles. The first kappa shape index (κ1) is 12.1. The van der Waals surface area contributed by atoms with E-state index < -0.39 is 0 Å². The van der Waals surface area contributed by atoms with Gasteiger partial charge in [-0.15, -0.1) is 6.42 Å². The van der Waals surface area contributed by atoms with Crippen LogP contribution in [0.5, 0.6) is 11.5 Å². The van der Waals surface area contributed by atoms with Gasteiger partial charge in [0.25, 0.3) is 0 Å². The van der Waals surface area contributed by atoms with Gasteiger partial charge in [-0.3, -0.25) is 0 Å². The van der Waals surface area contributed by atoms with Gasteiger partial charge in [0, 0.05) is 0 Å². The summed E-state index contributed by atoms with van der Waals surface area (Å²) in [7, 11) is 0. The van der Waals surface area contributed by atoms with Crippen molar-refractivity contribution in [3.05, 3.63) is 54.6 Å². The number of hydrogen-bond donors (Lipinski definition) is 1. The van der Waals surface area contributed by atoms with Gasteiger partial charge in [0.05, 0.1) is 11.7 Å². The predicted octanol–water partition coefficient (Wildman–Crippen LogP) is 3.91. The number of benzene rings is 2. The van der Waals surface area contributed by atoms with Gasteiger partial charge in [0.15, 0.2) is 5.75 Å². The molecule has 1 N–H and O–H groups in total. The van der Waals surface area contributed by atoms with Crippen molar-refractivity contribution in [3.63, 3.8) is 0 Å². The molecule has 18 heavy (non-hydrogen) atoms. The van der Waals surface area contributed by atoms with Crippen molar-refractivity contribution in [1.82, 2.24) is 0 Å². The van der Waals surface area contributed by atoms with E-state index in [2.05, 4.69) is 11.2 Å². The Morgan fingerprint density at radius 3 is 2.44 bits per heavy atom. The highest BCUT2D eigenvalue weighted by atomic mass is 16.5. The fourth-order valence-electron chi connectivity index (χ4n) is 1.57. The third-order valence-corrected chi connectivity index (χ3v) is 2.48. The van der Waals surface area contributed by atoms with Gasteiger partial charge in [-0.2, -0.15) is 0 Å². The van der Waals surface area contributed by atoms with Gasteiger partial charge < -0.3 is 10.1 Å². The normalized spacial score (nSPS) is 11.3. The Hall–Kier alpha value is -2.40. The summed E-state index contributed by atoms with van der Waals surface area (Å²) in [6.07, 6.45) is 5.37. The van der Waals surface area contributed by atoms with E-state index >= 15 is 0 Å². The number of para-hydroxylation sites is 3. The van der Waals surface area contributed by atoms with Gasteiger partial charge in [-0.1, -0.05) is 36.3 Å². The highest BCUT2D eigenvalue weighted by Gasteiger charge is 2.05. The highest BCUT2D eigenvalue weighted by molar-refractivity contribution is 5.58. The molecule has 2 heteroatoms. The van der Waals surface area contributed by atoms with Crippen LogP contribution in [0.15, 0.2) is 54.6 Å². The summed E-state index contributed by atoms with van der Waals surface area (Å²) in [6.45, 7) is 1.93. The summed E-state index contributed by atoms with van der Waals surface area (Å²) in [5.41, 5.74) is 0.895. The fourth-order valence-corrected chi connectivity index (χ4v) is 1.57. The van der Waals surface area contributed by atoms with Crippen LogP contribution in [0.4, 0.5) is 5.69 Å². The topological polar surface area (TPSA) is 21.3 Å². The average Bonchev–Trinajstić information content (AvgIpc) is 2.42. The molecular formula is C16H15NO. The molecule has 0 fully saturated rings. The van der Waals surface area contributed by atoms with E-state index in [0.29, 0.717) is 0 Å². The van der Waals surface area contributed by atoms with Gasteiger partial charge in [0.2, 0.25) is 0 Å². The smallest absolute Gasteiger partial charge is 0.150 e. The largest absolute Gasteiger partial charge is 0.455 e. The Morgan fingerprint density at radius 2 is 1.72 bits per heavy atom. The molecule has 0 bridgehead atoms. The molecule has 0 aliphatic rings. The third kappa shape index (κ3) is 3.05. The van der Waals surface area contributed by atoms with E-state index in [-0.39, 0.29) is 6.04 Å². The van der Waals surface area contributed by atoms with E-state index in [1.807, 2.05) is 61.5 Å². The lowest BCUT2D eigenvalue weighted by molar-refractivity contribution is 0.484. The molecule has 0 aliphatic heterocycles. The summed E-state index contributed by atoms with van der Waals surface area (Å²) in [6, 6.07) is 17.4. The summed E-state index contributed by atoms with van der Waals surface area (Å²) in [4.78, 5) is 0. The SMILES string of the molecule is C#CC(C)Nc1ccccc1Oc1ccccc1. The van der Waals surface area contributed by atoms with Crippen LogP contribution in [-0.4, -0.2) is 6.04 Å². The minimum atomic E-state index is -0.0366. The average molecular weight is 237 g/mol. The van der Waals surface area contributed by atoms with Crippen molar-refractivity contribution in [1.29, 1.82) is 0 Å².